The molecule has 2 heterocycles. The summed E-state index contributed by atoms with van der Waals surface area (Å²) in [5.74, 6) is 0.175. The van der Waals surface area contributed by atoms with E-state index < -0.39 is 0 Å². The fourth-order valence-electron chi connectivity index (χ4n) is 3.29. The standard InChI is InChI=1S/C23H21BrN2O5S/c24-19-4-2-1-3-17(19)14-26-22(28)20(32-23(26)29)13-16-5-7-18(8-6-16)31-15-21(27)25-9-11-30-12-10-25/h1-8,13H,9-12,14-15H2/b20-13+. The van der Waals surface area contributed by atoms with Gasteiger partial charge in [0.05, 0.1) is 24.7 Å². The Morgan fingerprint density at radius 3 is 2.53 bits per heavy atom. The molecule has 0 spiro atoms. The van der Waals surface area contributed by atoms with Gasteiger partial charge in [-0.1, -0.05) is 46.3 Å². The summed E-state index contributed by atoms with van der Waals surface area (Å²) in [6.07, 6.45) is 1.69. The molecule has 7 nitrogen and oxygen atoms in total. The zero-order chi connectivity index (χ0) is 22.5. The van der Waals surface area contributed by atoms with Gasteiger partial charge in [-0.25, -0.2) is 0 Å². The highest BCUT2D eigenvalue weighted by atomic mass is 79.9. The van der Waals surface area contributed by atoms with Crippen molar-refractivity contribution in [1.29, 1.82) is 0 Å². The van der Waals surface area contributed by atoms with Crippen LogP contribution in [0.25, 0.3) is 6.08 Å². The van der Waals surface area contributed by atoms with Crippen LogP contribution in [0.15, 0.2) is 57.9 Å². The van der Waals surface area contributed by atoms with Gasteiger partial charge in [-0.05, 0) is 47.2 Å². The van der Waals surface area contributed by atoms with Gasteiger partial charge >= 0.3 is 0 Å². The minimum Gasteiger partial charge on any atom is -0.484 e. The molecule has 2 fully saturated rings. The van der Waals surface area contributed by atoms with Crippen molar-refractivity contribution in [2.75, 3.05) is 32.9 Å². The van der Waals surface area contributed by atoms with E-state index in [1.165, 1.54) is 4.90 Å². The minimum absolute atomic E-state index is 0.0344. The summed E-state index contributed by atoms with van der Waals surface area (Å²) < 4.78 is 11.7. The van der Waals surface area contributed by atoms with Gasteiger partial charge in [0.25, 0.3) is 17.1 Å². The first kappa shape index (κ1) is 22.6. The summed E-state index contributed by atoms with van der Waals surface area (Å²) in [5.41, 5.74) is 1.63. The number of ether oxygens (including phenoxy) is 2. The zero-order valence-electron chi connectivity index (χ0n) is 17.2. The average molecular weight is 517 g/mol. The number of hydrogen-bond acceptors (Lipinski definition) is 6. The van der Waals surface area contributed by atoms with Gasteiger partial charge in [-0.3, -0.25) is 19.3 Å². The van der Waals surface area contributed by atoms with E-state index in [9.17, 15) is 14.4 Å². The Bertz CT molecular complexity index is 1050. The van der Waals surface area contributed by atoms with Gasteiger partial charge in [0.1, 0.15) is 5.75 Å². The molecule has 2 aliphatic heterocycles. The van der Waals surface area contributed by atoms with Crippen LogP contribution in [0.3, 0.4) is 0 Å². The Morgan fingerprint density at radius 1 is 1.09 bits per heavy atom. The van der Waals surface area contributed by atoms with E-state index in [4.69, 9.17) is 9.47 Å². The SMILES string of the molecule is O=C(COc1ccc(/C=C2/SC(=O)N(Cc3ccccc3Br)C2=O)cc1)N1CCOCC1. The maximum atomic E-state index is 12.8. The molecule has 0 bridgehead atoms. The molecule has 0 aliphatic carbocycles. The summed E-state index contributed by atoms with van der Waals surface area (Å²) in [6.45, 7) is 2.44. The lowest BCUT2D eigenvalue weighted by Crippen LogP contribution is -2.42. The quantitative estimate of drug-likeness (QED) is 0.541. The summed E-state index contributed by atoms with van der Waals surface area (Å²) in [6, 6.07) is 14.6. The van der Waals surface area contributed by atoms with Gasteiger partial charge in [0.2, 0.25) is 0 Å². The number of carbonyl (C=O) groups is 3. The molecular weight excluding hydrogens is 496 g/mol. The topological polar surface area (TPSA) is 76.2 Å². The van der Waals surface area contributed by atoms with Crippen molar-refractivity contribution in [3.63, 3.8) is 0 Å². The molecule has 2 aliphatic rings. The first-order valence-corrected chi connectivity index (χ1v) is 11.7. The third kappa shape index (κ3) is 5.40. The number of thioether (sulfide) groups is 1. The van der Waals surface area contributed by atoms with E-state index in [0.717, 1.165) is 27.4 Å². The van der Waals surface area contributed by atoms with Crippen molar-refractivity contribution in [3.05, 3.63) is 69.0 Å². The molecule has 0 aromatic heterocycles. The predicted octanol–water partition coefficient (Wildman–Crippen LogP) is 3.92. The van der Waals surface area contributed by atoms with Gasteiger partial charge in [0.15, 0.2) is 6.61 Å². The van der Waals surface area contributed by atoms with Crippen LogP contribution < -0.4 is 4.74 Å². The Kier molecular flexibility index (Phi) is 7.29. The van der Waals surface area contributed by atoms with Crippen LogP contribution in [-0.2, 0) is 20.9 Å². The smallest absolute Gasteiger partial charge is 0.293 e. The first-order valence-electron chi connectivity index (χ1n) is 10.1. The number of benzene rings is 2. The molecule has 0 unspecified atom stereocenters. The van der Waals surface area contributed by atoms with Crippen LogP contribution in [-0.4, -0.2) is 59.8 Å². The van der Waals surface area contributed by atoms with E-state index in [-0.39, 0.29) is 30.2 Å². The first-order chi connectivity index (χ1) is 15.5. The number of hydrogen-bond donors (Lipinski definition) is 0. The van der Waals surface area contributed by atoms with Crippen LogP contribution in [0, 0.1) is 0 Å². The largest absolute Gasteiger partial charge is 0.484 e. The Morgan fingerprint density at radius 2 is 1.81 bits per heavy atom. The molecule has 9 heteroatoms. The lowest BCUT2D eigenvalue weighted by Gasteiger charge is -2.26. The summed E-state index contributed by atoms with van der Waals surface area (Å²) in [4.78, 5) is 40.7. The van der Waals surface area contributed by atoms with Gasteiger partial charge in [-0.2, -0.15) is 0 Å². The molecule has 166 valence electrons. The van der Waals surface area contributed by atoms with Crippen molar-refractivity contribution < 1.29 is 23.9 Å². The lowest BCUT2D eigenvalue weighted by molar-refractivity contribution is -0.137. The fourth-order valence-corrected chi connectivity index (χ4v) is 4.54. The van der Waals surface area contributed by atoms with Crippen molar-refractivity contribution in [3.8, 4) is 5.75 Å². The van der Waals surface area contributed by atoms with E-state index in [2.05, 4.69) is 15.9 Å². The number of amides is 3. The fraction of sp³-hybridized carbons (Fsp3) is 0.261. The molecular formula is C23H21BrN2O5S. The second-order valence-electron chi connectivity index (χ2n) is 7.21. The molecule has 0 atom stereocenters. The van der Waals surface area contributed by atoms with E-state index in [1.807, 2.05) is 24.3 Å². The van der Waals surface area contributed by atoms with Crippen LogP contribution >= 0.6 is 27.7 Å². The maximum absolute atomic E-state index is 12.8. The summed E-state index contributed by atoms with van der Waals surface area (Å²) in [7, 11) is 0. The molecule has 0 radical (unpaired) electrons. The Hall–Kier alpha value is -2.62. The summed E-state index contributed by atoms with van der Waals surface area (Å²) in [5, 5.41) is -0.293. The van der Waals surface area contributed by atoms with Crippen LogP contribution in [0.2, 0.25) is 0 Å². The van der Waals surface area contributed by atoms with Crippen molar-refractivity contribution in [2.45, 2.75) is 6.54 Å². The second-order valence-corrected chi connectivity index (χ2v) is 9.06. The number of morpholine rings is 1. The minimum atomic E-state index is -0.313. The van der Waals surface area contributed by atoms with Crippen LogP contribution in [0.1, 0.15) is 11.1 Å². The number of imide groups is 1. The molecule has 3 amide bonds. The van der Waals surface area contributed by atoms with E-state index >= 15 is 0 Å². The number of rotatable bonds is 6. The molecule has 2 aromatic rings. The molecule has 32 heavy (non-hydrogen) atoms. The van der Waals surface area contributed by atoms with Crippen molar-refractivity contribution in [1.82, 2.24) is 9.80 Å². The van der Waals surface area contributed by atoms with Gasteiger partial charge < -0.3 is 14.4 Å². The Labute approximate surface area is 198 Å². The second kappa shape index (κ2) is 10.3. The van der Waals surface area contributed by atoms with Crippen molar-refractivity contribution in [2.24, 2.45) is 0 Å². The van der Waals surface area contributed by atoms with Crippen LogP contribution in [0.4, 0.5) is 4.79 Å². The molecule has 2 aromatic carbocycles. The average Bonchev–Trinajstić information content (AvgIpc) is 3.07. The highest BCUT2D eigenvalue weighted by Gasteiger charge is 2.35. The lowest BCUT2D eigenvalue weighted by atomic mass is 10.2. The number of halogens is 1. The molecule has 4 rings (SSSR count). The molecule has 0 N–H and O–H groups in total. The Balaban J connectivity index is 1.36. The monoisotopic (exact) mass is 516 g/mol. The zero-order valence-corrected chi connectivity index (χ0v) is 19.6. The van der Waals surface area contributed by atoms with Gasteiger partial charge in [-0.15, -0.1) is 0 Å². The number of carbonyl (C=O) groups excluding carboxylic acids is 3. The third-order valence-corrected chi connectivity index (χ3v) is 6.74. The predicted molar refractivity (Wildman–Crippen MR) is 125 cm³/mol. The normalized spacial score (nSPS) is 17.8. The maximum Gasteiger partial charge on any atom is 0.293 e. The highest BCUT2D eigenvalue weighted by molar-refractivity contribution is 9.10. The van der Waals surface area contributed by atoms with Crippen LogP contribution in [0.5, 0.6) is 5.75 Å². The van der Waals surface area contributed by atoms with Gasteiger partial charge in [0, 0.05) is 17.6 Å². The molecule has 0 saturated carbocycles. The molecule has 2 saturated heterocycles. The van der Waals surface area contributed by atoms with E-state index in [1.54, 1.807) is 35.2 Å². The summed E-state index contributed by atoms with van der Waals surface area (Å²) >= 11 is 4.38. The van der Waals surface area contributed by atoms with E-state index in [0.29, 0.717) is 37.0 Å². The number of nitrogens with zero attached hydrogens (tertiary/aromatic N) is 2. The third-order valence-electron chi connectivity index (χ3n) is 5.06. The highest BCUT2D eigenvalue weighted by Crippen LogP contribution is 2.34. The van der Waals surface area contributed by atoms with Crippen molar-refractivity contribution >= 4 is 50.8 Å².